The number of benzene rings is 7. The first-order valence-corrected chi connectivity index (χ1v) is 16.6. The largest absolute Gasteiger partial charge is 0.456 e. The first kappa shape index (κ1) is 26.9. The fourth-order valence-corrected chi connectivity index (χ4v) is 7.60. The summed E-state index contributed by atoms with van der Waals surface area (Å²) < 4.78 is 7.55. The van der Waals surface area contributed by atoms with E-state index >= 15 is 0 Å². The first-order chi connectivity index (χ1) is 23.7. The van der Waals surface area contributed by atoms with Gasteiger partial charge in [-0.2, -0.15) is 0 Å². The average Bonchev–Trinajstić information content (AvgIpc) is 3.74. The molecule has 224 valence electrons. The van der Waals surface area contributed by atoms with Gasteiger partial charge >= 0.3 is 0 Å². The van der Waals surface area contributed by atoms with E-state index in [9.17, 15) is 0 Å². The standard InChI is InChI=1S/C42H24N4OS/c1-3-11-27(12-4-1)39-44-40(29-21-20-26-19-18-25-10-7-8-15-30(25)32(26)22-29)46-41(45-39)31-16-9-17-35-38(31)33-23-34-37(24-36(33)47-35)48-42(43-34)28-13-5-2-6-14-28/h1-24H. The highest BCUT2D eigenvalue weighted by Gasteiger charge is 2.19. The minimum absolute atomic E-state index is 0.591. The van der Waals surface area contributed by atoms with E-state index < -0.39 is 0 Å². The first-order valence-electron chi connectivity index (χ1n) is 15.8. The Labute approximate surface area is 278 Å². The fraction of sp³-hybridized carbons (Fsp3) is 0. The predicted octanol–water partition coefficient (Wildman–Crippen LogP) is 11.4. The molecule has 0 aliphatic heterocycles. The Morgan fingerprint density at radius 3 is 1.96 bits per heavy atom. The summed E-state index contributed by atoms with van der Waals surface area (Å²) in [7, 11) is 0. The number of aromatic nitrogens is 4. The van der Waals surface area contributed by atoms with Gasteiger partial charge < -0.3 is 4.42 Å². The number of rotatable bonds is 4. The maximum absolute atomic E-state index is 6.46. The molecule has 0 unspecified atom stereocenters. The zero-order valence-electron chi connectivity index (χ0n) is 25.5. The van der Waals surface area contributed by atoms with Gasteiger partial charge in [0.25, 0.3) is 0 Å². The molecule has 0 spiro atoms. The van der Waals surface area contributed by atoms with E-state index in [0.717, 1.165) is 59.4 Å². The van der Waals surface area contributed by atoms with E-state index in [1.54, 1.807) is 11.3 Å². The van der Waals surface area contributed by atoms with Crippen molar-refractivity contribution in [3.63, 3.8) is 0 Å². The number of furan rings is 1. The summed E-state index contributed by atoms with van der Waals surface area (Å²) in [4.78, 5) is 20.3. The molecule has 0 aliphatic carbocycles. The minimum atomic E-state index is 0.591. The summed E-state index contributed by atoms with van der Waals surface area (Å²) in [5.41, 5.74) is 6.38. The summed E-state index contributed by atoms with van der Waals surface area (Å²) in [5.74, 6) is 1.83. The van der Waals surface area contributed by atoms with Gasteiger partial charge in [0, 0.05) is 39.1 Å². The van der Waals surface area contributed by atoms with Crippen LogP contribution in [0.5, 0.6) is 0 Å². The SMILES string of the molecule is c1ccc(-c2nc(-c3ccc4ccc5ccccc5c4c3)nc(-c3cccc4oc5cc6sc(-c7ccccc7)nc6cc5c34)n2)cc1. The molecule has 0 radical (unpaired) electrons. The van der Waals surface area contributed by atoms with Gasteiger partial charge in [0.15, 0.2) is 17.5 Å². The van der Waals surface area contributed by atoms with E-state index in [1.165, 1.54) is 21.5 Å². The Bertz CT molecular complexity index is 2840. The number of hydrogen-bond acceptors (Lipinski definition) is 6. The predicted molar refractivity (Wildman–Crippen MR) is 197 cm³/mol. The van der Waals surface area contributed by atoms with Crippen LogP contribution in [-0.2, 0) is 0 Å². The lowest BCUT2D eigenvalue weighted by atomic mass is 9.99. The van der Waals surface area contributed by atoms with Crippen molar-refractivity contribution in [1.29, 1.82) is 0 Å². The number of nitrogens with zero attached hydrogens (tertiary/aromatic N) is 4. The maximum atomic E-state index is 6.46. The van der Waals surface area contributed by atoms with Crippen LogP contribution in [0.4, 0.5) is 0 Å². The normalized spacial score (nSPS) is 11.8. The van der Waals surface area contributed by atoms with Crippen LogP contribution in [0, 0.1) is 0 Å². The molecule has 3 aromatic heterocycles. The summed E-state index contributed by atoms with van der Waals surface area (Å²) in [6.07, 6.45) is 0. The monoisotopic (exact) mass is 632 g/mol. The van der Waals surface area contributed by atoms with Crippen molar-refractivity contribution in [3.8, 4) is 44.7 Å². The van der Waals surface area contributed by atoms with Gasteiger partial charge in [-0.15, -0.1) is 11.3 Å². The molecule has 5 nitrogen and oxygen atoms in total. The average molecular weight is 633 g/mol. The third-order valence-electron chi connectivity index (χ3n) is 8.94. The minimum Gasteiger partial charge on any atom is -0.456 e. The highest BCUT2D eigenvalue weighted by molar-refractivity contribution is 7.21. The second-order valence-corrected chi connectivity index (χ2v) is 12.9. The van der Waals surface area contributed by atoms with Crippen molar-refractivity contribution < 1.29 is 4.42 Å². The molecule has 6 heteroatoms. The summed E-state index contributed by atoms with van der Waals surface area (Å²) >= 11 is 1.67. The second kappa shape index (κ2) is 10.7. The van der Waals surface area contributed by atoms with E-state index in [4.69, 9.17) is 24.4 Å². The van der Waals surface area contributed by atoms with Crippen LogP contribution >= 0.6 is 11.3 Å². The quantitative estimate of drug-likeness (QED) is 0.181. The molecule has 10 aromatic rings. The number of thiazole rings is 1. The van der Waals surface area contributed by atoms with Crippen LogP contribution in [0.25, 0.3) is 98.4 Å². The van der Waals surface area contributed by atoms with E-state index in [-0.39, 0.29) is 0 Å². The number of fused-ring (bicyclic) bond motifs is 7. The molecule has 0 saturated carbocycles. The third kappa shape index (κ3) is 4.38. The van der Waals surface area contributed by atoms with Crippen molar-refractivity contribution in [1.82, 2.24) is 19.9 Å². The van der Waals surface area contributed by atoms with Crippen molar-refractivity contribution in [2.45, 2.75) is 0 Å². The van der Waals surface area contributed by atoms with Crippen LogP contribution in [0.15, 0.2) is 150 Å². The summed E-state index contributed by atoms with van der Waals surface area (Å²) in [6, 6.07) is 50.0. The molecule has 0 atom stereocenters. The van der Waals surface area contributed by atoms with E-state index in [0.29, 0.717) is 17.5 Å². The van der Waals surface area contributed by atoms with Crippen molar-refractivity contribution in [3.05, 3.63) is 146 Å². The molecule has 48 heavy (non-hydrogen) atoms. The van der Waals surface area contributed by atoms with E-state index in [2.05, 4.69) is 84.9 Å². The van der Waals surface area contributed by atoms with Gasteiger partial charge in [-0.3, -0.25) is 0 Å². The van der Waals surface area contributed by atoms with Crippen molar-refractivity contribution >= 4 is 65.0 Å². The lowest BCUT2D eigenvalue weighted by Crippen LogP contribution is -2.00. The Kier molecular flexibility index (Phi) is 5.98. The van der Waals surface area contributed by atoms with Gasteiger partial charge in [0.05, 0.1) is 10.2 Å². The molecule has 3 heterocycles. The van der Waals surface area contributed by atoms with Crippen LogP contribution in [0.2, 0.25) is 0 Å². The second-order valence-electron chi connectivity index (χ2n) is 11.9. The molecule has 7 aromatic carbocycles. The number of hydrogen-bond donors (Lipinski definition) is 0. The molecule has 10 rings (SSSR count). The van der Waals surface area contributed by atoms with Gasteiger partial charge in [-0.25, -0.2) is 19.9 Å². The van der Waals surface area contributed by atoms with Crippen molar-refractivity contribution in [2.75, 3.05) is 0 Å². The van der Waals surface area contributed by atoms with Gasteiger partial charge in [0.2, 0.25) is 0 Å². The zero-order valence-corrected chi connectivity index (χ0v) is 26.3. The Balaban J connectivity index is 1.20. The maximum Gasteiger partial charge on any atom is 0.164 e. The van der Waals surface area contributed by atoms with Crippen LogP contribution in [0.1, 0.15) is 0 Å². The molecule has 0 fully saturated rings. The third-order valence-corrected chi connectivity index (χ3v) is 10.0. The van der Waals surface area contributed by atoms with Crippen LogP contribution in [0.3, 0.4) is 0 Å². The summed E-state index contributed by atoms with van der Waals surface area (Å²) in [6.45, 7) is 0. The molecule has 0 aliphatic rings. The molecule has 0 saturated heterocycles. The zero-order chi connectivity index (χ0) is 31.6. The van der Waals surface area contributed by atoms with Crippen LogP contribution in [-0.4, -0.2) is 19.9 Å². The molecule has 0 bridgehead atoms. The van der Waals surface area contributed by atoms with E-state index in [1.807, 2.05) is 60.7 Å². The Hall–Kier alpha value is -6.24. The molecule has 0 amide bonds. The molecule has 0 N–H and O–H groups in total. The Morgan fingerprint density at radius 1 is 0.438 bits per heavy atom. The lowest BCUT2D eigenvalue weighted by molar-refractivity contribution is 0.669. The Morgan fingerprint density at radius 2 is 1.12 bits per heavy atom. The highest BCUT2D eigenvalue weighted by Crippen LogP contribution is 2.40. The fourth-order valence-electron chi connectivity index (χ4n) is 6.62. The molecular formula is C42H24N4OS. The van der Waals surface area contributed by atoms with Gasteiger partial charge in [-0.05, 0) is 39.7 Å². The van der Waals surface area contributed by atoms with Crippen LogP contribution < -0.4 is 0 Å². The lowest BCUT2D eigenvalue weighted by Gasteiger charge is -2.10. The summed E-state index contributed by atoms with van der Waals surface area (Å²) in [5, 5.41) is 7.68. The van der Waals surface area contributed by atoms with Gasteiger partial charge in [0.1, 0.15) is 16.2 Å². The van der Waals surface area contributed by atoms with Gasteiger partial charge in [-0.1, -0.05) is 121 Å². The topological polar surface area (TPSA) is 64.7 Å². The highest BCUT2D eigenvalue weighted by atomic mass is 32.1. The van der Waals surface area contributed by atoms with Crippen molar-refractivity contribution in [2.24, 2.45) is 0 Å². The smallest absolute Gasteiger partial charge is 0.164 e. The molecular weight excluding hydrogens is 609 g/mol.